The van der Waals surface area contributed by atoms with Gasteiger partial charge in [0.2, 0.25) is 0 Å². The van der Waals surface area contributed by atoms with E-state index in [-0.39, 0.29) is 0 Å². The van der Waals surface area contributed by atoms with Crippen LogP contribution in [0.15, 0.2) is 12.1 Å². The van der Waals surface area contributed by atoms with E-state index < -0.39 is 0 Å². The fraction of sp³-hybridized carbons (Fsp3) is 0.600. The Morgan fingerprint density at radius 1 is 1.21 bits per heavy atom. The molecule has 1 aliphatic carbocycles. The minimum atomic E-state index is 0.428. The molecule has 0 bridgehead atoms. The quantitative estimate of drug-likeness (QED) is 0.704. The molecule has 1 N–H and O–H groups in total. The molecule has 1 aliphatic rings. The van der Waals surface area contributed by atoms with Crippen molar-refractivity contribution in [2.75, 3.05) is 0 Å². The van der Waals surface area contributed by atoms with E-state index in [2.05, 4.69) is 19.2 Å². The van der Waals surface area contributed by atoms with Crippen LogP contribution in [-0.2, 0) is 6.54 Å². The number of hydrogen-bond acceptors (Lipinski definition) is 1. The predicted molar refractivity (Wildman–Crippen MR) is 84.3 cm³/mol. The second-order valence-electron chi connectivity index (χ2n) is 6.16. The Morgan fingerprint density at radius 3 is 2.58 bits per heavy atom. The van der Waals surface area contributed by atoms with Crippen molar-refractivity contribution in [3.05, 3.63) is 32.8 Å². The topological polar surface area (TPSA) is 12.0 Å². The number of halogens is 3. The van der Waals surface area contributed by atoms with Crippen LogP contribution < -0.4 is 5.32 Å². The summed E-state index contributed by atoms with van der Waals surface area (Å²) in [7, 11) is 0. The van der Waals surface area contributed by atoms with Gasteiger partial charge in [-0.2, -0.15) is 0 Å². The molecule has 0 aliphatic heterocycles. The third-order valence-electron chi connectivity index (χ3n) is 3.91. The second-order valence-corrected chi connectivity index (χ2v) is 7.35. The largest absolute Gasteiger partial charge is 0.310 e. The molecule has 1 aromatic carbocycles. The zero-order chi connectivity index (χ0) is 14.0. The minimum absolute atomic E-state index is 0.428. The summed E-state index contributed by atoms with van der Waals surface area (Å²) in [5.74, 6) is 0. The first-order chi connectivity index (χ1) is 8.89. The molecular weight excluding hydrogens is 301 g/mol. The van der Waals surface area contributed by atoms with Crippen LogP contribution in [-0.4, -0.2) is 6.04 Å². The van der Waals surface area contributed by atoms with Gasteiger partial charge in [-0.3, -0.25) is 0 Å². The highest BCUT2D eigenvalue weighted by atomic mass is 35.5. The third-order valence-corrected chi connectivity index (χ3v) is 5.11. The molecule has 0 amide bonds. The van der Waals surface area contributed by atoms with E-state index >= 15 is 0 Å². The van der Waals surface area contributed by atoms with E-state index in [1.807, 2.05) is 0 Å². The van der Waals surface area contributed by atoms with E-state index in [0.717, 1.165) is 5.56 Å². The normalized spacial score (nSPS) is 22.5. The molecule has 0 spiro atoms. The summed E-state index contributed by atoms with van der Waals surface area (Å²) in [6, 6.07) is 4.08. The van der Waals surface area contributed by atoms with E-state index in [4.69, 9.17) is 34.8 Å². The standard InChI is InChI=1S/C15H20Cl3N/c1-15(2)7-3-4-10(8-15)19-9-11-12(16)5-6-13(17)14(11)18/h5-6,10,19H,3-4,7-9H2,1-2H3. The molecule has 0 aromatic heterocycles. The summed E-state index contributed by atoms with van der Waals surface area (Å²) in [5.41, 5.74) is 1.33. The molecule has 1 atom stereocenters. The van der Waals surface area contributed by atoms with Gasteiger partial charge in [-0.15, -0.1) is 0 Å². The van der Waals surface area contributed by atoms with Gasteiger partial charge in [-0.1, -0.05) is 55.1 Å². The smallest absolute Gasteiger partial charge is 0.0652 e. The maximum atomic E-state index is 6.22. The Kier molecular flexibility index (Phi) is 5.05. The highest BCUT2D eigenvalue weighted by Gasteiger charge is 2.27. The first-order valence-electron chi connectivity index (χ1n) is 6.75. The van der Waals surface area contributed by atoms with E-state index in [9.17, 15) is 0 Å². The van der Waals surface area contributed by atoms with E-state index in [1.54, 1.807) is 12.1 Å². The number of nitrogens with one attached hydrogen (secondary N) is 1. The zero-order valence-electron chi connectivity index (χ0n) is 11.4. The maximum Gasteiger partial charge on any atom is 0.0652 e. The molecule has 0 radical (unpaired) electrons. The van der Waals surface area contributed by atoms with Crippen molar-refractivity contribution < 1.29 is 0 Å². The summed E-state index contributed by atoms with van der Waals surface area (Å²) in [6.45, 7) is 5.35. The summed E-state index contributed by atoms with van der Waals surface area (Å²) in [4.78, 5) is 0. The van der Waals surface area contributed by atoms with Crippen molar-refractivity contribution in [2.24, 2.45) is 5.41 Å². The van der Waals surface area contributed by atoms with Crippen LogP contribution in [0.1, 0.15) is 45.1 Å². The van der Waals surface area contributed by atoms with Crippen molar-refractivity contribution in [1.29, 1.82) is 0 Å². The Morgan fingerprint density at radius 2 is 1.89 bits per heavy atom. The second kappa shape index (κ2) is 6.22. The lowest BCUT2D eigenvalue weighted by Gasteiger charge is -2.35. The molecule has 1 unspecified atom stereocenters. The lowest BCUT2D eigenvalue weighted by Crippen LogP contribution is -2.37. The predicted octanol–water partition coefficient (Wildman–Crippen LogP) is 5.71. The van der Waals surface area contributed by atoms with E-state index in [0.29, 0.717) is 33.1 Å². The fourth-order valence-corrected chi connectivity index (χ4v) is 3.53. The lowest BCUT2D eigenvalue weighted by atomic mass is 9.75. The number of benzene rings is 1. The van der Waals surface area contributed by atoms with Crippen LogP contribution in [0.5, 0.6) is 0 Å². The van der Waals surface area contributed by atoms with Gasteiger partial charge in [0.05, 0.1) is 10.0 Å². The van der Waals surface area contributed by atoms with Crippen LogP contribution >= 0.6 is 34.8 Å². The van der Waals surface area contributed by atoms with Crippen LogP contribution in [0.25, 0.3) is 0 Å². The molecule has 106 valence electrons. The maximum absolute atomic E-state index is 6.22. The van der Waals surface area contributed by atoms with Crippen molar-refractivity contribution >= 4 is 34.8 Å². The molecule has 4 heteroatoms. The van der Waals surface area contributed by atoms with Gasteiger partial charge in [-0.25, -0.2) is 0 Å². The van der Waals surface area contributed by atoms with Gasteiger partial charge in [0.1, 0.15) is 0 Å². The van der Waals surface area contributed by atoms with Crippen molar-refractivity contribution in [3.63, 3.8) is 0 Å². The molecule has 1 saturated carbocycles. The fourth-order valence-electron chi connectivity index (χ4n) is 2.85. The Labute approximate surface area is 130 Å². The molecule has 1 fully saturated rings. The number of hydrogen-bond donors (Lipinski definition) is 1. The van der Waals surface area contributed by atoms with Crippen LogP contribution in [0.4, 0.5) is 0 Å². The van der Waals surface area contributed by atoms with E-state index in [1.165, 1.54) is 25.7 Å². The highest BCUT2D eigenvalue weighted by molar-refractivity contribution is 6.44. The SMILES string of the molecule is CC1(C)CCCC(NCc2c(Cl)ccc(Cl)c2Cl)C1. The lowest BCUT2D eigenvalue weighted by molar-refractivity contribution is 0.198. The van der Waals surface area contributed by atoms with Gasteiger partial charge in [0.25, 0.3) is 0 Å². The van der Waals surface area contributed by atoms with Gasteiger partial charge >= 0.3 is 0 Å². The summed E-state index contributed by atoms with van der Waals surface area (Å²) in [6.07, 6.45) is 5.01. The minimum Gasteiger partial charge on any atom is -0.310 e. The monoisotopic (exact) mass is 319 g/mol. The first kappa shape index (κ1) is 15.4. The van der Waals surface area contributed by atoms with Crippen LogP contribution in [0.2, 0.25) is 15.1 Å². The Bertz CT molecular complexity index is 457. The molecular formula is C15H20Cl3N. The van der Waals surface area contributed by atoms with Gasteiger partial charge in [0.15, 0.2) is 0 Å². The molecule has 2 rings (SSSR count). The number of rotatable bonds is 3. The van der Waals surface area contributed by atoms with Crippen molar-refractivity contribution in [2.45, 2.75) is 52.1 Å². The van der Waals surface area contributed by atoms with Gasteiger partial charge in [0, 0.05) is 23.2 Å². The zero-order valence-corrected chi connectivity index (χ0v) is 13.7. The molecule has 1 aromatic rings. The van der Waals surface area contributed by atoms with Crippen LogP contribution in [0, 0.1) is 5.41 Å². The van der Waals surface area contributed by atoms with Crippen molar-refractivity contribution in [3.8, 4) is 0 Å². The van der Waals surface area contributed by atoms with Gasteiger partial charge < -0.3 is 5.32 Å². The van der Waals surface area contributed by atoms with Crippen LogP contribution in [0.3, 0.4) is 0 Å². The molecule has 19 heavy (non-hydrogen) atoms. The highest BCUT2D eigenvalue weighted by Crippen LogP contribution is 2.36. The average Bonchev–Trinajstić information content (AvgIpc) is 2.33. The third kappa shape index (κ3) is 4.01. The van der Waals surface area contributed by atoms with Gasteiger partial charge in [-0.05, 0) is 36.8 Å². The Balaban J connectivity index is 2.01. The average molecular weight is 321 g/mol. The summed E-state index contributed by atoms with van der Waals surface area (Å²) in [5, 5.41) is 5.38. The Hall–Kier alpha value is 0.0500. The molecule has 0 saturated heterocycles. The first-order valence-corrected chi connectivity index (χ1v) is 7.88. The molecule has 1 nitrogen and oxygen atoms in total. The molecule has 0 heterocycles. The summed E-state index contributed by atoms with van der Waals surface area (Å²) >= 11 is 18.4. The van der Waals surface area contributed by atoms with Crippen molar-refractivity contribution in [1.82, 2.24) is 5.32 Å². The summed E-state index contributed by atoms with van der Waals surface area (Å²) < 4.78 is 0.